The van der Waals surface area contributed by atoms with Gasteiger partial charge in [-0.3, -0.25) is 20.2 Å². The van der Waals surface area contributed by atoms with E-state index in [1.165, 1.54) is 23.5 Å². The first-order valence-electron chi connectivity index (χ1n) is 9.05. The standard InChI is InChI=1S/C20H18N4O4S/c25-19(22-20-21-17(13-29-20)14-4-2-1-3-5-14)16-12-15(24(26)27)6-7-18(16)23-8-10-28-11-9-23/h1-7,12-13H,8-11H2,(H,21,22,25). The third kappa shape index (κ3) is 4.25. The van der Waals surface area contributed by atoms with Crippen LogP contribution in [0.4, 0.5) is 16.5 Å². The van der Waals surface area contributed by atoms with Gasteiger partial charge in [-0.15, -0.1) is 11.3 Å². The number of non-ortho nitro benzene ring substituents is 1. The van der Waals surface area contributed by atoms with E-state index in [0.29, 0.717) is 37.1 Å². The van der Waals surface area contributed by atoms with Gasteiger partial charge in [0.25, 0.3) is 11.6 Å². The van der Waals surface area contributed by atoms with Crippen LogP contribution in [-0.4, -0.2) is 42.1 Å². The van der Waals surface area contributed by atoms with Gasteiger partial charge in [-0.05, 0) is 6.07 Å². The van der Waals surface area contributed by atoms with Crippen molar-refractivity contribution in [1.29, 1.82) is 0 Å². The molecular formula is C20H18N4O4S. The first kappa shape index (κ1) is 19.0. The molecular weight excluding hydrogens is 392 g/mol. The molecule has 0 aliphatic carbocycles. The number of nitro benzene ring substituents is 1. The van der Waals surface area contributed by atoms with Crippen LogP contribution in [0.5, 0.6) is 0 Å². The van der Waals surface area contributed by atoms with Gasteiger partial charge in [0.05, 0.1) is 35.1 Å². The molecule has 0 radical (unpaired) electrons. The normalized spacial score (nSPS) is 13.9. The Morgan fingerprint density at radius 3 is 2.66 bits per heavy atom. The monoisotopic (exact) mass is 410 g/mol. The van der Waals surface area contributed by atoms with E-state index in [2.05, 4.69) is 10.3 Å². The largest absolute Gasteiger partial charge is 0.378 e. The van der Waals surface area contributed by atoms with Crippen molar-refractivity contribution in [2.24, 2.45) is 0 Å². The van der Waals surface area contributed by atoms with Crippen LogP contribution in [0.1, 0.15) is 10.4 Å². The van der Waals surface area contributed by atoms with Gasteiger partial charge in [0.2, 0.25) is 0 Å². The summed E-state index contributed by atoms with van der Waals surface area (Å²) in [5.74, 6) is -0.427. The van der Waals surface area contributed by atoms with Gasteiger partial charge in [0.1, 0.15) is 0 Å². The lowest BCUT2D eigenvalue weighted by molar-refractivity contribution is -0.384. The number of thiazole rings is 1. The second-order valence-electron chi connectivity index (χ2n) is 6.42. The van der Waals surface area contributed by atoms with Crippen molar-refractivity contribution < 1.29 is 14.5 Å². The Hall–Kier alpha value is -3.30. The van der Waals surface area contributed by atoms with Gasteiger partial charge >= 0.3 is 0 Å². The lowest BCUT2D eigenvalue weighted by Gasteiger charge is -2.30. The predicted molar refractivity (Wildman–Crippen MR) is 112 cm³/mol. The topological polar surface area (TPSA) is 97.6 Å². The average molecular weight is 410 g/mol. The molecule has 148 valence electrons. The maximum atomic E-state index is 13.0. The molecule has 0 bridgehead atoms. The predicted octanol–water partition coefficient (Wildman–Crippen LogP) is 3.81. The minimum atomic E-state index is -0.503. The number of hydrogen-bond acceptors (Lipinski definition) is 7. The van der Waals surface area contributed by atoms with Crippen molar-refractivity contribution in [2.45, 2.75) is 0 Å². The molecule has 1 saturated heterocycles. The zero-order valence-electron chi connectivity index (χ0n) is 15.4. The van der Waals surface area contributed by atoms with Gasteiger partial charge in [-0.25, -0.2) is 4.98 Å². The Morgan fingerprint density at radius 2 is 1.93 bits per heavy atom. The summed E-state index contributed by atoms with van der Waals surface area (Å²) >= 11 is 1.31. The van der Waals surface area contributed by atoms with E-state index >= 15 is 0 Å². The molecule has 1 aliphatic rings. The third-order valence-electron chi connectivity index (χ3n) is 4.58. The Balaban J connectivity index is 1.61. The number of anilines is 2. The number of nitro groups is 1. The molecule has 9 heteroatoms. The summed E-state index contributed by atoms with van der Waals surface area (Å²) in [5, 5.41) is 16.3. The Bertz CT molecular complexity index is 1030. The molecule has 8 nitrogen and oxygen atoms in total. The maximum absolute atomic E-state index is 13.0. The molecule has 1 amide bonds. The quantitative estimate of drug-likeness (QED) is 0.507. The number of carbonyl (C=O) groups excluding carboxylic acids is 1. The lowest BCUT2D eigenvalue weighted by atomic mass is 10.1. The van der Waals surface area contributed by atoms with Crippen LogP contribution in [0.3, 0.4) is 0 Å². The Morgan fingerprint density at radius 1 is 1.17 bits per heavy atom. The minimum Gasteiger partial charge on any atom is -0.378 e. The van der Waals surface area contributed by atoms with E-state index < -0.39 is 10.8 Å². The highest BCUT2D eigenvalue weighted by Gasteiger charge is 2.22. The Kier molecular flexibility index (Phi) is 5.50. The summed E-state index contributed by atoms with van der Waals surface area (Å²) in [5.41, 5.74) is 2.48. The number of nitrogens with zero attached hydrogens (tertiary/aromatic N) is 3. The summed E-state index contributed by atoms with van der Waals surface area (Å²) in [4.78, 5) is 30.1. The fourth-order valence-electron chi connectivity index (χ4n) is 3.14. The number of morpholine rings is 1. The first-order chi connectivity index (χ1) is 14.1. The van der Waals surface area contributed by atoms with E-state index in [-0.39, 0.29) is 11.3 Å². The maximum Gasteiger partial charge on any atom is 0.270 e. The molecule has 1 aliphatic heterocycles. The molecule has 29 heavy (non-hydrogen) atoms. The minimum absolute atomic E-state index is 0.128. The van der Waals surface area contributed by atoms with Crippen molar-refractivity contribution in [3.05, 3.63) is 69.6 Å². The summed E-state index contributed by atoms with van der Waals surface area (Å²) in [7, 11) is 0. The number of ether oxygens (including phenoxy) is 1. The van der Waals surface area contributed by atoms with Gasteiger partial charge in [0.15, 0.2) is 5.13 Å². The highest BCUT2D eigenvalue weighted by molar-refractivity contribution is 7.14. The molecule has 0 spiro atoms. The van der Waals surface area contributed by atoms with Gasteiger partial charge < -0.3 is 9.64 Å². The van der Waals surface area contributed by atoms with Crippen LogP contribution in [0.15, 0.2) is 53.9 Å². The fraction of sp³-hybridized carbons (Fsp3) is 0.200. The van der Waals surface area contributed by atoms with Crippen LogP contribution in [0.2, 0.25) is 0 Å². The van der Waals surface area contributed by atoms with Crippen molar-refractivity contribution >= 4 is 33.8 Å². The van der Waals surface area contributed by atoms with Gasteiger partial charge in [0, 0.05) is 36.2 Å². The van der Waals surface area contributed by atoms with E-state index in [9.17, 15) is 14.9 Å². The lowest BCUT2D eigenvalue weighted by Crippen LogP contribution is -2.37. The van der Waals surface area contributed by atoms with E-state index in [1.807, 2.05) is 40.6 Å². The molecule has 1 N–H and O–H groups in total. The number of aromatic nitrogens is 1. The molecule has 0 saturated carbocycles. The van der Waals surface area contributed by atoms with Crippen molar-refractivity contribution in [3.63, 3.8) is 0 Å². The summed E-state index contributed by atoms with van der Waals surface area (Å²) in [6.45, 7) is 2.33. The summed E-state index contributed by atoms with van der Waals surface area (Å²) < 4.78 is 5.37. The molecule has 0 atom stereocenters. The smallest absolute Gasteiger partial charge is 0.270 e. The number of carbonyl (C=O) groups is 1. The molecule has 1 aromatic heterocycles. The summed E-state index contributed by atoms with van der Waals surface area (Å²) in [6.07, 6.45) is 0. The summed E-state index contributed by atoms with van der Waals surface area (Å²) in [6, 6.07) is 14.0. The number of benzene rings is 2. The van der Waals surface area contributed by atoms with Crippen LogP contribution < -0.4 is 10.2 Å². The molecule has 4 rings (SSSR count). The van der Waals surface area contributed by atoms with Crippen LogP contribution >= 0.6 is 11.3 Å². The fourth-order valence-corrected chi connectivity index (χ4v) is 3.85. The number of nitrogens with one attached hydrogen (secondary N) is 1. The molecule has 2 aromatic carbocycles. The van der Waals surface area contributed by atoms with E-state index in [0.717, 1.165) is 11.3 Å². The van der Waals surface area contributed by atoms with Crippen molar-refractivity contribution in [1.82, 2.24) is 4.98 Å². The highest BCUT2D eigenvalue weighted by atomic mass is 32.1. The van der Waals surface area contributed by atoms with Crippen LogP contribution in [0, 0.1) is 10.1 Å². The van der Waals surface area contributed by atoms with Gasteiger partial charge in [-0.1, -0.05) is 30.3 Å². The number of hydrogen-bond donors (Lipinski definition) is 1. The molecule has 2 heterocycles. The molecule has 0 unspecified atom stereocenters. The van der Waals surface area contributed by atoms with Crippen LogP contribution in [0.25, 0.3) is 11.3 Å². The van der Waals surface area contributed by atoms with Crippen LogP contribution in [-0.2, 0) is 4.74 Å². The van der Waals surface area contributed by atoms with Crippen molar-refractivity contribution in [3.8, 4) is 11.3 Å². The number of rotatable bonds is 5. The van der Waals surface area contributed by atoms with Crippen molar-refractivity contribution in [2.75, 3.05) is 36.5 Å². The second kappa shape index (κ2) is 8.38. The zero-order valence-corrected chi connectivity index (χ0v) is 16.2. The van der Waals surface area contributed by atoms with E-state index in [1.54, 1.807) is 6.07 Å². The average Bonchev–Trinajstić information content (AvgIpc) is 3.23. The zero-order chi connectivity index (χ0) is 20.2. The first-order valence-corrected chi connectivity index (χ1v) is 9.93. The molecule has 1 fully saturated rings. The SMILES string of the molecule is O=C(Nc1nc(-c2ccccc2)cs1)c1cc([N+](=O)[O-])ccc1N1CCOCC1. The van der Waals surface area contributed by atoms with E-state index in [4.69, 9.17) is 4.74 Å². The Labute approximate surface area is 170 Å². The number of amides is 1. The highest BCUT2D eigenvalue weighted by Crippen LogP contribution is 2.29. The molecule has 3 aromatic rings. The third-order valence-corrected chi connectivity index (χ3v) is 5.34. The van der Waals surface area contributed by atoms with Gasteiger partial charge in [-0.2, -0.15) is 0 Å². The second-order valence-corrected chi connectivity index (χ2v) is 7.27.